The van der Waals surface area contributed by atoms with Gasteiger partial charge in [-0.25, -0.2) is 13.2 Å². The van der Waals surface area contributed by atoms with E-state index in [0.717, 1.165) is 42.0 Å². The Morgan fingerprint density at radius 1 is 1.00 bits per heavy atom. The number of ether oxygens (including phenoxy) is 1. The molecule has 0 aliphatic carbocycles. The Bertz CT molecular complexity index is 1170. The SMILES string of the molecule is CC(C)(C)[Si](C)(C)OC(CCCCBr)C(=C(COC(=O)O)c1ccc(S(C)(=O)=O)cc1)c1ccccc1. The van der Waals surface area contributed by atoms with Crippen LogP contribution in [0.15, 0.2) is 59.5 Å². The zero-order valence-corrected chi connectivity index (χ0v) is 26.0. The lowest BCUT2D eigenvalue weighted by Gasteiger charge is -2.40. The van der Waals surface area contributed by atoms with Crippen LogP contribution in [0.25, 0.3) is 11.1 Å². The molecular weight excluding hydrogens is 572 g/mol. The van der Waals surface area contributed by atoms with Gasteiger partial charge >= 0.3 is 6.16 Å². The average Bonchev–Trinajstić information content (AvgIpc) is 2.80. The van der Waals surface area contributed by atoms with E-state index in [1.54, 1.807) is 24.3 Å². The highest BCUT2D eigenvalue weighted by molar-refractivity contribution is 9.09. The number of sulfone groups is 1. The third-order valence-electron chi connectivity index (χ3n) is 6.80. The molecule has 0 aliphatic heterocycles. The Morgan fingerprint density at radius 2 is 1.59 bits per heavy atom. The summed E-state index contributed by atoms with van der Waals surface area (Å²) in [5.74, 6) is 0. The number of rotatable bonds is 12. The average molecular weight is 612 g/mol. The van der Waals surface area contributed by atoms with Crippen molar-refractivity contribution < 1.29 is 27.5 Å². The molecule has 6 nitrogen and oxygen atoms in total. The first kappa shape index (κ1) is 31.3. The first-order chi connectivity index (χ1) is 17.2. The summed E-state index contributed by atoms with van der Waals surface area (Å²) in [6.45, 7) is 10.8. The first-order valence-corrected chi connectivity index (χ1v) is 18.3. The van der Waals surface area contributed by atoms with E-state index < -0.39 is 24.3 Å². The van der Waals surface area contributed by atoms with Gasteiger partial charge in [0.15, 0.2) is 18.2 Å². The van der Waals surface area contributed by atoms with Crippen LogP contribution >= 0.6 is 15.9 Å². The van der Waals surface area contributed by atoms with Gasteiger partial charge in [-0.15, -0.1) is 0 Å². The van der Waals surface area contributed by atoms with Crippen molar-refractivity contribution in [1.29, 1.82) is 0 Å². The lowest BCUT2D eigenvalue weighted by Crippen LogP contribution is -2.44. The van der Waals surface area contributed by atoms with Crippen molar-refractivity contribution in [3.8, 4) is 0 Å². The van der Waals surface area contributed by atoms with Crippen molar-refractivity contribution in [2.45, 2.75) is 69.2 Å². The highest BCUT2D eigenvalue weighted by Crippen LogP contribution is 2.41. The Balaban J connectivity index is 2.82. The number of alkyl halides is 1. The maximum absolute atomic E-state index is 12.1. The molecule has 1 N–H and O–H groups in total. The van der Waals surface area contributed by atoms with Crippen LogP contribution in [0.4, 0.5) is 4.79 Å². The fourth-order valence-electron chi connectivity index (χ4n) is 3.74. The molecule has 9 heteroatoms. The monoisotopic (exact) mass is 610 g/mol. The topological polar surface area (TPSA) is 89.9 Å². The summed E-state index contributed by atoms with van der Waals surface area (Å²) in [4.78, 5) is 11.7. The second-order valence-corrected chi connectivity index (χ2v) is 18.2. The third kappa shape index (κ3) is 9.09. The highest BCUT2D eigenvalue weighted by atomic mass is 79.9. The summed E-state index contributed by atoms with van der Waals surface area (Å²) in [6, 6.07) is 16.3. The number of benzene rings is 2. The first-order valence-electron chi connectivity index (χ1n) is 12.4. The van der Waals surface area contributed by atoms with Crippen molar-refractivity contribution in [2.24, 2.45) is 0 Å². The van der Waals surface area contributed by atoms with Crippen LogP contribution in [0.1, 0.15) is 51.2 Å². The smallest absolute Gasteiger partial charge is 0.450 e. The number of carbonyl (C=O) groups is 1. The molecule has 0 aromatic heterocycles. The third-order valence-corrected chi connectivity index (χ3v) is 13.0. The predicted molar refractivity (Wildman–Crippen MR) is 156 cm³/mol. The molecular formula is C28H39BrO6SSi. The normalized spacial score (nSPS) is 14.1. The van der Waals surface area contributed by atoms with E-state index in [9.17, 15) is 18.3 Å². The van der Waals surface area contributed by atoms with Crippen LogP contribution in [0.3, 0.4) is 0 Å². The van der Waals surface area contributed by atoms with Crippen LogP contribution < -0.4 is 0 Å². The molecule has 37 heavy (non-hydrogen) atoms. The fraction of sp³-hybridized carbons (Fsp3) is 0.464. The molecule has 0 bridgehead atoms. The molecule has 0 spiro atoms. The zero-order chi connectivity index (χ0) is 27.9. The van der Waals surface area contributed by atoms with Crippen molar-refractivity contribution >= 4 is 51.4 Å². The van der Waals surface area contributed by atoms with E-state index in [-0.39, 0.29) is 22.6 Å². The van der Waals surface area contributed by atoms with Crippen molar-refractivity contribution in [3.05, 3.63) is 65.7 Å². The van der Waals surface area contributed by atoms with E-state index in [1.807, 2.05) is 30.3 Å². The quantitative estimate of drug-likeness (QED) is 0.0872. The van der Waals surface area contributed by atoms with Gasteiger partial charge in [-0.3, -0.25) is 0 Å². The van der Waals surface area contributed by atoms with Crippen LogP contribution in [0.5, 0.6) is 0 Å². The van der Waals surface area contributed by atoms with Crippen molar-refractivity contribution in [1.82, 2.24) is 0 Å². The van der Waals surface area contributed by atoms with Gasteiger partial charge in [0, 0.05) is 17.2 Å². The van der Waals surface area contributed by atoms with E-state index in [1.165, 1.54) is 0 Å². The minimum atomic E-state index is -3.38. The van der Waals surface area contributed by atoms with Crippen LogP contribution in [-0.2, 0) is 19.0 Å². The molecule has 0 saturated carbocycles. The number of carboxylic acid groups (broad SMARTS) is 1. The summed E-state index contributed by atoms with van der Waals surface area (Å²) < 4.78 is 36.3. The summed E-state index contributed by atoms with van der Waals surface area (Å²) in [5.41, 5.74) is 3.14. The van der Waals surface area contributed by atoms with Gasteiger partial charge in [0.25, 0.3) is 0 Å². The molecule has 2 aromatic rings. The Labute approximate surface area is 231 Å². The molecule has 204 valence electrons. The lowest BCUT2D eigenvalue weighted by molar-refractivity contribution is 0.103. The molecule has 0 aliphatic rings. The van der Waals surface area contributed by atoms with Gasteiger partial charge in [0.05, 0.1) is 11.0 Å². The van der Waals surface area contributed by atoms with E-state index in [2.05, 4.69) is 49.8 Å². The van der Waals surface area contributed by atoms with Gasteiger partial charge in [-0.1, -0.05) is 79.2 Å². The standard InChI is InChI=1S/C28H39BrO6SSi/c1-28(2,3)37(5,6)35-25(14-10-11-19-29)26(22-12-8-7-9-13-22)24(20-34-27(30)31)21-15-17-23(18-16-21)36(4,32)33/h7-9,12-13,15-18,25H,10-11,14,19-20H2,1-6H3,(H,30,31). The minimum Gasteiger partial charge on any atom is -0.450 e. The summed E-state index contributed by atoms with van der Waals surface area (Å²) in [7, 11) is -5.61. The fourth-order valence-corrected chi connectivity index (χ4v) is 6.07. The Kier molecular flexibility index (Phi) is 11.2. The Morgan fingerprint density at radius 3 is 2.08 bits per heavy atom. The van der Waals surface area contributed by atoms with Gasteiger partial charge < -0.3 is 14.3 Å². The van der Waals surface area contributed by atoms with Gasteiger partial charge in [-0.2, -0.15) is 0 Å². The summed E-state index contributed by atoms with van der Waals surface area (Å²) >= 11 is 3.53. The van der Waals surface area contributed by atoms with E-state index in [4.69, 9.17) is 9.16 Å². The number of unbranched alkanes of at least 4 members (excludes halogenated alkanes) is 1. The maximum Gasteiger partial charge on any atom is 0.506 e. The second-order valence-electron chi connectivity index (χ2n) is 10.7. The summed E-state index contributed by atoms with van der Waals surface area (Å²) in [6.07, 6.45) is 2.13. The Hall–Kier alpha value is -1.94. The molecule has 0 amide bonds. The van der Waals surface area contributed by atoms with Gasteiger partial charge in [-0.05, 0) is 66.2 Å². The largest absolute Gasteiger partial charge is 0.506 e. The molecule has 0 fully saturated rings. The molecule has 1 atom stereocenters. The molecule has 0 heterocycles. The number of hydrogen-bond acceptors (Lipinski definition) is 5. The molecule has 0 saturated heterocycles. The summed E-state index contributed by atoms with van der Waals surface area (Å²) in [5, 5.41) is 10.2. The second kappa shape index (κ2) is 13.2. The lowest BCUT2D eigenvalue weighted by atomic mass is 9.89. The molecule has 2 aromatic carbocycles. The van der Waals surface area contributed by atoms with E-state index >= 15 is 0 Å². The van der Waals surface area contributed by atoms with E-state index in [0.29, 0.717) is 11.1 Å². The number of halogens is 1. The molecule has 0 radical (unpaired) electrons. The predicted octanol–water partition coefficient (Wildman–Crippen LogP) is 7.65. The van der Waals surface area contributed by atoms with Gasteiger partial charge in [0.2, 0.25) is 0 Å². The molecule has 2 rings (SSSR count). The van der Waals surface area contributed by atoms with Gasteiger partial charge in [0.1, 0.15) is 6.61 Å². The zero-order valence-electron chi connectivity index (χ0n) is 22.6. The maximum atomic E-state index is 12.1. The van der Waals surface area contributed by atoms with Crippen LogP contribution in [0.2, 0.25) is 18.1 Å². The highest BCUT2D eigenvalue weighted by Gasteiger charge is 2.40. The minimum absolute atomic E-state index is 0.0304. The number of hydrogen-bond donors (Lipinski definition) is 1. The van der Waals surface area contributed by atoms with Crippen LogP contribution in [-0.4, -0.2) is 52.3 Å². The van der Waals surface area contributed by atoms with Crippen molar-refractivity contribution in [2.75, 3.05) is 18.2 Å². The van der Waals surface area contributed by atoms with Crippen LogP contribution in [0, 0.1) is 0 Å². The van der Waals surface area contributed by atoms with Crippen molar-refractivity contribution in [3.63, 3.8) is 0 Å². The molecule has 1 unspecified atom stereocenters.